The van der Waals surface area contributed by atoms with Crippen LogP contribution in [0.25, 0.3) is 16.9 Å². The average Bonchev–Trinajstić information content (AvgIpc) is 3.09. The monoisotopic (exact) mass is 478 g/mol. The summed E-state index contributed by atoms with van der Waals surface area (Å²) in [7, 11) is 1.30. The van der Waals surface area contributed by atoms with E-state index < -0.39 is 29.7 Å². The molecule has 4 rings (SSSR count). The number of nitrogens with zero attached hydrogens (tertiary/aromatic N) is 3. The zero-order valence-corrected chi connectivity index (χ0v) is 18.7. The minimum absolute atomic E-state index is 0.000979. The van der Waals surface area contributed by atoms with Gasteiger partial charge >= 0.3 is 6.09 Å². The summed E-state index contributed by atoms with van der Waals surface area (Å²) in [6.45, 7) is 2.17. The Balaban J connectivity index is 1.78. The van der Waals surface area contributed by atoms with Gasteiger partial charge in [0.15, 0.2) is 0 Å². The van der Waals surface area contributed by atoms with E-state index in [1.54, 1.807) is 22.7 Å². The number of fused-ring (bicyclic) bond motifs is 1. The molecule has 3 aromatic rings. The first-order chi connectivity index (χ1) is 15.8. The number of rotatable bonds is 4. The fourth-order valence-corrected chi connectivity index (χ4v) is 4.05. The molecule has 174 valence electrons. The van der Waals surface area contributed by atoms with Gasteiger partial charge in [0.2, 0.25) is 5.91 Å². The number of nitrogens with one attached hydrogen (secondary N) is 1. The van der Waals surface area contributed by atoms with Crippen LogP contribution in [0.4, 0.5) is 19.3 Å². The molecule has 1 aliphatic heterocycles. The number of carbonyl (C=O) groups excluding carboxylic acids is 2. The van der Waals surface area contributed by atoms with E-state index in [1.807, 2.05) is 0 Å². The maximum absolute atomic E-state index is 15.1. The Morgan fingerprint density at radius 1 is 1.30 bits per heavy atom. The van der Waals surface area contributed by atoms with Crippen molar-refractivity contribution in [3.8, 4) is 11.3 Å². The molecule has 1 N–H and O–H groups in total. The zero-order valence-electron chi connectivity index (χ0n) is 17.9. The standard InChI is InChI=1S/C22H21ClF2N4O4/c1-12(30)26-14-8-16(24)20(17(25)9-14)21-18(29-4-3-13(23)7-19(29)27-21)10-15-11-28(5-6-33-15)22(31)32-2/h3-4,7-9,15H,5-6,10-11H2,1-2H3,(H,26,30). The van der Waals surface area contributed by atoms with Crippen LogP contribution in [0.5, 0.6) is 0 Å². The lowest BCUT2D eigenvalue weighted by atomic mass is 10.0. The van der Waals surface area contributed by atoms with Crippen molar-refractivity contribution >= 4 is 34.9 Å². The molecule has 3 heterocycles. The second-order valence-corrected chi connectivity index (χ2v) is 8.03. The summed E-state index contributed by atoms with van der Waals surface area (Å²) in [5.41, 5.74) is 0.639. The Kier molecular flexibility index (Phi) is 6.48. The Hall–Kier alpha value is -3.24. The number of pyridine rings is 1. The number of methoxy groups -OCH3 is 1. The predicted octanol–water partition coefficient (Wildman–Crippen LogP) is 3.90. The molecule has 1 saturated heterocycles. The highest BCUT2D eigenvalue weighted by Crippen LogP contribution is 2.33. The van der Waals surface area contributed by atoms with Crippen molar-refractivity contribution in [2.45, 2.75) is 19.4 Å². The highest BCUT2D eigenvalue weighted by molar-refractivity contribution is 6.30. The topological polar surface area (TPSA) is 85.2 Å². The number of aromatic nitrogens is 2. The van der Waals surface area contributed by atoms with Crippen molar-refractivity contribution in [3.05, 3.63) is 52.8 Å². The molecule has 1 aliphatic rings. The third-order valence-electron chi connectivity index (χ3n) is 5.28. The fraction of sp³-hybridized carbons (Fsp3) is 0.318. The van der Waals surface area contributed by atoms with E-state index in [0.29, 0.717) is 29.5 Å². The summed E-state index contributed by atoms with van der Waals surface area (Å²) in [4.78, 5) is 29.2. The van der Waals surface area contributed by atoms with Crippen LogP contribution in [0.3, 0.4) is 0 Å². The number of ether oxygens (including phenoxy) is 2. The van der Waals surface area contributed by atoms with Gasteiger partial charge in [-0.3, -0.25) is 4.79 Å². The van der Waals surface area contributed by atoms with Crippen LogP contribution in [0.15, 0.2) is 30.5 Å². The molecule has 2 aromatic heterocycles. The van der Waals surface area contributed by atoms with Gasteiger partial charge in [-0.15, -0.1) is 0 Å². The summed E-state index contributed by atoms with van der Waals surface area (Å²) in [5, 5.41) is 2.78. The van der Waals surface area contributed by atoms with E-state index >= 15 is 8.78 Å². The normalized spacial score (nSPS) is 16.2. The summed E-state index contributed by atoms with van der Waals surface area (Å²) in [6, 6.07) is 5.30. The molecule has 0 aliphatic carbocycles. The highest BCUT2D eigenvalue weighted by atomic mass is 35.5. The minimum Gasteiger partial charge on any atom is -0.453 e. The van der Waals surface area contributed by atoms with E-state index in [-0.39, 0.29) is 29.9 Å². The Morgan fingerprint density at radius 2 is 2.03 bits per heavy atom. The van der Waals surface area contributed by atoms with Crippen LogP contribution in [-0.2, 0) is 20.7 Å². The van der Waals surface area contributed by atoms with Crippen molar-refractivity contribution in [2.75, 3.05) is 32.1 Å². The first-order valence-corrected chi connectivity index (χ1v) is 10.5. The maximum Gasteiger partial charge on any atom is 0.409 e. The number of morpholine rings is 1. The van der Waals surface area contributed by atoms with Gasteiger partial charge in [0, 0.05) is 42.9 Å². The molecule has 11 heteroatoms. The van der Waals surface area contributed by atoms with E-state index in [4.69, 9.17) is 21.1 Å². The molecule has 1 atom stereocenters. The Morgan fingerprint density at radius 3 is 2.70 bits per heavy atom. The fourth-order valence-electron chi connectivity index (χ4n) is 3.89. The second-order valence-electron chi connectivity index (χ2n) is 7.59. The van der Waals surface area contributed by atoms with Crippen molar-refractivity contribution in [3.63, 3.8) is 0 Å². The molecule has 1 unspecified atom stereocenters. The van der Waals surface area contributed by atoms with Crippen LogP contribution in [-0.4, -0.2) is 59.2 Å². The quantitative estimate of drug-likeness (QED) is 0.614. The molecule has 0 bridgehead atoms. The molecule has 1 fully saturated rings. The lowest BCUT2D eigenvalue weighted by molar-refractivity contribution is -0.114. The van der Waals surface area contributed by atoms with Crippen molar-refractivity contribution in [1.29, 1.82) is 0 Å². The van der Waals surface area contributed by atoms with Gasteiger partial charge in [-0.1, -0.05) is 11.6 Å². The van der Waals surface area contributed by atoms with Crippen LogP contribution in [0.2, 0.25) is 5.02 Å². The van der Waals surface area contributed by atoms with Crippen LogP contribution >= 0.6 is 11.6 Å². The summed E-state index contributed by atoms with van der Waals surface area (Å²) < 4.78 is 42.4. The molecule has 1 aromatic carbocycles. The summed E-state index contributed by atoms with van der Waals surface area (Å²) >= 11 is 6.10. The first-order valence-electron chi connectivity index (χ1n) is 10.1. The smallest absolute Gasteiger partial charge is 0.409 e. The predicted molar refractivity (Wildman–Crippen MR) is 117 cm³/mol. The Labute approximate surface area is 193 Å². The van der Waals surface area contributed by atoms with Crippen molar-refractivity contribution in [1.82, 2.24) is 14.3 Å². The van der Waals surface area contributed by atoms with E-state index in [1.165, 1.54) is 18.9 Å². The van der Waals surface area contributed by atoms with Gasteiger partial charge in [-0.2, -0.15) is 0 Å². The zero-order chi connectivity index (χ0) is 23.7. The molecular formula is C22H21ClF2N4O4. The largest absolute Gasteiger partial charge is 0.453 e. The lowest BCUT2D eigenvalue weighted by Crippen LogP contribution is -2.46. The number of imidazole rings is 1. The minimum atomic E-state index is -0.879. The molecule has 33 heavy (non-hydrogen) atoms. The molecule has 0 radical (unpaired) electrons. The SMILES string of the molecule is COC(=O)N1CCOC(Cc2c(-c3c(F)cc(NC(C)=O)cc3F)nc3cc(Cl)ccn23)C1. The molecule has 8 nitrogen and oxygen atoms in total. The number of carbonyl (C=O) groups is 2. The van der Waals surface area contributed by atoms with Gasteiger partial charge in [0.1, 0.15) is 17.3 Å². The molecule has 0 spiro atoms. The summed E-state index contributed by atoms with van der Waals surface area (Å²) in [6.07, 6.45) is 0.958. The second kappa shape index (κ2) is 9.32. The molecule has 2 amide bonds. The molecule has 0 saturated carbocycles. The van der Waals surface area contributed by atoms with Crippen LogP contribution in [0.1, 0.15) is 12.6 Å². The van der Waals surface area contributed by atoms with Gasteiger partial charge in [-0.25, -0.2) is 18.6 Å². The molecular weight excluding hydrogens is 458 g/mol. The number of anilines is 1. The first kappa shape index (κ1) is 22.9. The van der Waals surface area contributed by atoms with Crippen molar-refractivity contribution < 1.29 is 27.8 Å². The van der Waals surface area contributed by atoms with Crippen LogP contribution in [0, 0.1) is 11.6 Å². The number of hydrogen-bond donors (Lipinski definition) is 1. The third-order valence-corrected chi connectivity index (χ3v) is 5.51. The lowest BCUT2D eigenvalue weighted by Gasteiger charge is -2.32. The van der Waals surface area contributed by atoms with E-state index in [9.17, 15) is 9.59 Å². The third kappa shape index (κ3) is 4.76. The number of halogens is 3. The average molecular weight is 479 g/mol. The van der Waals surface area contributed by atoms with E-state index in [0.717, 1.165) is 12.1 Å². The van der Waals surface area contributed by atoms with E-state index in [2.05, 4.69) is 10.3 Å². The number of benzene rings is 1. The van der Waals surface area contributed by atoms with Gasteiger partial charge in [0.05, 0.1) is 43.3 Å². The highest BCUT2D eigenvalue weighted by Gasteiger charge is 2.29. The van der Waals surface area contributed by atoms with Gasteiger partial charge < -0.3 is 24.1 Å². The van der Waals surface area contributed by atoms with Crippen molar-refractivity contribution in [2.24, 2.45) is 0 Å². The van der Waals surface area contributed by atoms with Gasteiger partial charge in [-0.05, 0) is 18.2 Å². The maximum atomic E-state index is 15.1. The summed E-state index contributed by atoms with van der Waals surface area (Å²) in [5.74, 6) is -2.21. The Bertz CT molecular complexity index is 1210. The van der Waals surface area contributed by atoms with Crippen LogP contribution < -0.4 is 5.32 Å². The van der Waals surface area contributed by atoms with Gasteiger partial charge in [0.25, 0.3) is 0 Å². The number of amides is 2. The number of hydrogen-bond acceptors (Lipinski definition) is 5.